The Morgan fingerprint density at radius 3 is 2.23 bits per heavy atom. The number of rotatable bonds is 7. The summed E-state index contributed by atoms with van der Waals surface area (Å²) >= 11 is 0. The Kier molecular flexibility index (Phi) is 6.44. The second kappa shape index (κ2) is 8.37. The first kappa shape index (κ1) is 20.0. The van der Waals surface area contributed by atoms with Gasteiger partial charge >= 0.3 is 5.97 Å². The van der Waals surface area contributed by atoms with Crippen LogP contribution in [-0.4, -0.2) is 31.8 Å². The van der Waals surface area contributed by atoms with Crippen molar-refractivity contribution >= 4 is 16.0 Å². The molecule has 0 unspecified atom stereocenters. The van der Waals surface area contributed by atoms with E-state index in [-0.39, 0.29) is 24.6 Å². The standard InChI is InChI=1S/C18H19F2NO4S/c1-3-21(4-2)26(23,24)15-9-10-17(20)16(11-15)18(22)25-12-13-5-7-14(19)8-6-13/h5-11H,3-4,12H2,1-2H3. The molecule has 8 heteroatoms. The second-order valence-corrected chi connectivity index (χ2v) is 7.37. The summed E-state index contributed by atoms with van der Waals surface area (Å²) < 4.78 is 58.1. The number of esters is 1. The van der Waals surface area contributed by atoms with Gasteiger partial charge in [-0.25, -0.2) is 22.0 Å². The predicted molar refractivity (Wildman–Crippen MR) is 92.0 cm³/mol. The van der Waals surface area contributed by atoms with Gasteiger partial charge in [0.2, 0.25) is 10.0 Å². The summed E-state index contributed by atoms with van der Waals surface area (Å²) in [5, 5.41) is 0. The Labute approximate surface area is 151 Å². The van der Waals surface area contributed by atoms with Crippen molar-refractivity contribution in [3.63, 3.8) is 0 Å². The van der Waals surface area contributed by atoms with E-state index in [0.29, 0.717) is 5.56 Å². The zero-order chi connectivity index (χ0) is 19.3. The average Bonchev–Trinajstić information content (AvgIpc) is 2.62. The molecule has 0 bridgehead atoms. The summed E-state index contributed by atoms with van der Waals surface area (Å²) in [6.45, 7) is 3.68. The molecule has 0 aliphatic rings. The number of hydrogen-bond acceptors (Lipinski definition) is 4. The van der Waals surface area contributed by atoms with Gasteiger partial charge in [-0.2, -0.15) is 4.31 Å². The number of hydrogen-bond donors (Lipinski definition) is 0. The van der Waals surface area contributed by atoms with Crippen molar-refractivity contribution in [1.29, 1.82) is 0 Å². The maximum atomic E-state index is 14.0. The number of nitrogens with zero attached hydrogens (tertiary/aromatic N) is 1. The maximum absolute atomic E-state index is 14.0. The molecule has 0 N–H and O–H groups in total. The van der Waals surface area contributed by atoms with Crippen LogP contribution in [0.25, 0.3) is 0 Å². The highest BCUT2D eigenvalue weighted by Crippen LogP contribution is 2.20. The van der Waals surface area contributed by atoms with Gasteiger partial charge in [-0.05, 0) is 35.9 Å². The normalized spacial score (nSPS) is 11.6. The van der Waals surface area contributed by atoms with Gasteiger partial charge in [-0.3, -0.25) is 0 Å². The van der Waals surface area contributed by atoms with Crippen LogP contribution in [0.5, 0.6) is 0 Å². The van der Waals surface area contributed by atoms with E-state index in [4.69, 9.17) is 4.74 Å². The first-order valence-corrected chi connectivity index (χ1v) is 9.44. The second-order valence-electron chi connectivity index (χ2n) is 5.43. The fourth-order valence-electron chi connectivity index (χ4n) is 2.34. The molecule has 5 nitrogen and oxygen atoms in total. The van der Waals surface area contributed by atoms with Crippen molar-refractivity contribution in [2.45, 2.75) is 25.3 Å². The van der Waals surface area contributed by atoms with Crippen molar-refractivity contribution in [2.75, 3.05) is 13.1 Å². The highest BCUT2D eigenvalue weighted by Gasteiger charge is 2.24. The van der Waals surface area contributed by atoms with E-state index in [1.54, 1.807) is 13.8 Å². The van der Waals surface area contributed by atoms with Gasteiger partial charge in [-0.1, -0.05) is 26.0 Å². The quantitative estimate of drug-likeness (QED) is 0.688. The van der Waals surface area contributed by atoms with Gasteiger partial charge in [0.05, 0.1) is 10.5 Å². The zero-order valence-corrected chi connectivity index (χ0v) is 15.2. The van der Waals surface area contributed by atoms with Crippen LogP contribution in [0.2, 0.25) is 0 Å². The Hall–Kier alpha value is -2.32. The number of carbonyl (C=O) groups excluding carboxylic acids is 1. The highest BCUT2D eigenvalue weighted by molar-refractivity contribution is 7.89. The molecule has 0 fully saturated rings. The predicted octanol–water partition coefficient (Wildman–Crippen LogP) is 3.35. The number of benzene rings is 2. The summed E-state index contributed by atoms with van der Waals surface area (Å²) in [7, 11) is -3.83. The van der Waals surface area contributed by atoms with Crippen LogP contribution in [0.4, 0.5) is 8.78 Å². The number of sulfonamides is 1. The first-order valence-electron chi connectivity index (χ1n) is 8.00. The molecule has 0 aromatic heterocycles. The van der Waals surface area contributed by atoms with E-state index in [1.807, 2.05) is 0 Å². The van der Waals surface area contributed by atoms with Crippen LogP contribution < -0.4 is 0 Å². The third-order valence-electron chi connectivity index (χ3n) is 3.78. The lowest BCUT2D eigenvalue weighted by Crippen LogP contribution is -2.30. The van der Waals surface area contributed by atoms with Crippen LogP contribution in [0.1, 0.15) is 29.8 Å². The molecule has 0 saturated heterocycles. The van der Waals surface area contributed by atoms with Gasteiger partial charge in [0.25, 0.3) is 0 Å². The van der Waals surface area contributed by atoms with Crippen LogP contribution in [-0.2, 0) is 21.4 Å². The Balaban J connectivity index is 2.23. The Bertz CT molecular complexity index is 879. The van der Waals surface area contributed by atoms with E-state index in [2.05, 4.69) is 0 Å². The molecule has 0 atom stereocenters. The minimum Gasteiger partial charge on any atom is -0.457 e. The van der Waals surface area contributed by atoms with Gasteiger partial charge in [-0.15, -0.1) is 0 Å². The first-order chi connectivity index (χ1) is 12.3. The minimum atomic E-state index is -3.83. The van der Waals surface area contributed by atoms with E-state index < -0.39 is 33.2 Å². The van der Waals surface area contributed by atoms with Crippen LogP contribution in [0.3, 0.4) is 0 Å². The van der Waals surface area contributed by atoms with E-state index >= 15 is 0 Å². The van der Waals surface area contributed by atoms with Gasteiger partial charge < -0.3 is 4.74 Å². The van der Waals surface area contributed by atoms with Crippen LogP contribution >= 0.6 is 0 Å². The molecule has 2 aromatic rings. The zero-order valence-electron chi connectivity index (χ0n) is 14.4. The van der Waals surface area contributed by atoms with Crippen molar-refractivity contribution in [3.8, 4) is 0 Å². The summed E-state index contributed by atoms with van der Waals surface area (Å²) in [4.78, 5) is 12.0. The fraction of sp³-hybridized carbons (Fsp3) is 0.278. The number of carbonyl (C=O) groups is 1. The molecule has 0 heterocycles. The molecule has 140 valence electrons. The molecule has 0 aliphatic carbocycles. The molecule has 2 rings (SSSR count). The van der Waals surface area contributed by atoms with Gasteiger partial charge in [0.15, 0.2) is 0 Å². The molecular formula is C18H19F2NO4S. The highest BCUT2D eigenvalue weighted by atomic mass is 32.2. The van der Waals surface area contributed by atoms with Crippen molar-refractivity contribution in [2.24, 2.45) is 0 Å². The summed E-state index contributed by atoms with van der Waals surface area (Å²) in [5.74, 6) is -2.31. The van der Waals surface area contributed by atoms with Crippen LogP contribution in [0, 0.1) is 11.6 Å². The lowest BCUT2D eigenvalue weighted by Gasteiger charge is -2.18. The Morgan fingerprint density at radius 2 is 1.65 bits per heavy atom. The average molecular weight is 383 g/mol. The molecular weight excluding hydrogens is 364 g/mol. The van der Waals surface area contributed by atoms with Gasteiger partial charge in [0, 0.05) is 13.1 Å². The Morgan fingerprint density at radius 1 is 1.04 bits per heavy atom. The third kappa shape index (κ3) is 4.44. The van der Waals surface area contributed by atoms with E-state index in [9.17, 15) is 22.0 Å². The lowest BCUT2D eigenvalue weighted by molar-refractivity contribution is 0.0467. The molecule has 2 aromatic carbocycles. The largest absolute Gasteiger partial charge is 0.457 e. The van der Waals surface area contributed by atoms with Crippen molar-refractivity contribution in [3.05, 3.63) is 65.2 Å². The lowest BCUT2D eigenvalue weighted by atomic mass is 10.2. The van der Waals surface area contributed by atoms with Crippen LogP contribution in [0.15, 0.2) is 47.4 Å². The molecule has 0 radical (unpaired) electrons. The summed E-state index contributed by atoms with van der Waals surface area (Å²) in [5.41, 5.74) is 0.0485. The van der Waals surface area contributed by atoms with Gasteiger partial charge in [0.1, 0.15) is 18.2 Å². The topological polar surface area (TPSA) is 63.7 Å². The SMILES string of the molecule is CCN(CC)S(=O)(=O)c1ccc(F)c(C(=O)OCc2ccc(F)cc2)c1. The molecule has 0 aliphatic heterocycles. The number of halogens is 2. The third-order valence-corrected chi connectivity index (χ3v) is 5.83. The summed E-state index contributed by atoms with van der Waals surface area (Å²) in [6.07, 6.45) is 0. The van der Waals surface area contributed by atoms with Crippen molar-refractivity contribution in [1.82, 2.24) is 4.31 Å². The van der Waals surface area contributed by atoms with E-state index in [1.165, 1.54) is 28.6 Å². The fourth-order valence-corrected chi connectivity index (χ4v) is 3.83. The van der Waals surface area contributed by atoms with E-state index in [0.717, 1.165) is 18.2 Å². The minimum absolute atomic E-state index is 0.184. The van der Waals surface area contributed by atoms with Crippen molar-refractivity contribution < 1.29 is 26.7 Å². The summed E-state index contributed by atoms with van der Waals surface area (Å²) in [6, 6.07) is 8.28. The molecule has 0 spiro atoms. The monoisotopic (exact) mass is 383 g/mol. The molecule has 0 saturated carbocycles. The smallest absolute Gasteiger partial charge is 0.341 e. The maximum Gasteiger partial charge on any atom is 0.341 e. The number of ether oxygens (including phenoxy) is 1. The molecule has 26 heavy (non-hydrogen) atoms. The molecule has 0 amide bonds.